The molecule has 2 aliphatic heterocycles. The maximum atomic E-state index is 5.77. The van der Waals surface area contributed by atoms with Crippen LogP contribution in [0.3, 0.4) is 0 Å². The van der Waals surface area contributed by atoms with E-state index in [4.69, 9.17) is 4.74 Å². The molecule has 24 heavy (non-hydrogen) atoms. The average molecular weight is 447 g/mol. The number of aliphatic imine (C=N–C) groups is 1. The van der Waals surface area contributed by atoms with E-state index in [-0.39, 0.29) is 24.0 Å². The first-order valence-electron chi connectivity index (χ1n) is 8.73. The van der Waals surface area contributed by atoms with E-state index in [1.807, 2.05) is 17.9 Å². The van der Waals surface area contributed by atoms with Crippen LogP contribution in [0.25, 0.3) is 0 Å². The van der Waals surface area contributed by atoms with Crippen LogP contribution in [0.1, 0.15) is 31.2 Å². The highest BCUT2D eigenvalue weighted by atomic mass is 127. The molecule has 1 N–H and O–H groups in total. The summed E-state index contributed by atoms with van der Waals surface area (Å²) >= 11 is 0. The van der Waals surface area contributed by atoms with Gasteiger partial charge in [0.05, 0.1) is 19.3 Å². The Morgan fingerprint density at radius 2 is 2.25 bits per heavy atom. The molecule has 2 aliphatic rings. The van der Waals surface area contributed by atoms with Gasteiger partial charge in [0.15, 0.2) is 5.96 Å². The average Bonchev–Trinajstić information content (AvgIpc) is 2.98. The van der Waals surface area contributed by atoms with Crippen LogP contribution in [0, 0.1) is 12.3 Å². The number of hydrogen-bond donors (Lipinski definition) is 1. The van der Waals surface area contributed by atoms with Crippen LogP contribution in [0.2, 0.25) is 0 Å². The Labute approximate surface area is 162 Å². The molecule has 7 heteroatoms. The first-order valence-corrected chi connectivity index (χ1v) is 8.73. The summed E-state index contributed by atoms with van der Waals surface area (Å²) in [4.78, 5) is 6.90. The third-order valence-electron chi connectivity index (χ3n) is 4.96. The number of nitrogens with zero attached hydrogens (tertiary/aromatic N) is 4. The number of aryl methyl sites for hydroxylation is 1. The second kappa shape index (κ2) is 9.03. The standard InChI is InChI=1S/C17H29N5O.HI/c1-15-11-20-22(12-15)9-7-19-16(18-2)21-8-3-5-17(13-21)6-4-10-23-14-17;/h11-12H,3-10,13-14H2,1-2H3,(H,18,19);1H. The molecular weight excluding hydrogens is 417 g/mol. The van der Waals surface area contributed by atoms with Crippen LogP contribution < -0.4 is 5.32 Å². The van der Waals surface area contributed by atoms with Gasteiger partial charge >= 0.3 is 0 Å². The number of nitrogens with one attached hydrogen (secondary N) is 1. The van der Waals surface area contributed by atoms with Crippen LogP contribution in [0.5, 0.6) is 0 Å². The van der Waals surface area contributed by atoms with Gasteiger partial charge in [-0.3, -0.25) is 9.67 Å². The lowest BCUT2D eigenvalue weighted by Gasteiger charge is -2.45. The lowest BCUT2D eigenvalue weighted by Crippen LogP contribution is -2.53. The maximum Gasteiger partial charge on any atom is 0.193 e. The van der Waals surface area contributed by atoms with E-state index < -0.39 is 0 Å². The number of likely N-dealkylation sites (tertiary alicyclic amines) is 1. The summed E-state index contributed by atoms with van der Waals surface area (Å²) in [5.41, 5.74) is 1.54. The van der Waals surface area contributed by atoms with Gasteiger partial charge in [-0.2, -0.15) is 5.10 Å². The molecule has 0 aromatic carbocycles. The van der Waals surface area contributed by atoms with E-state index in [9.17, 15) is 0 Å². The van der Waals surface area contributed by atoms with E-state index in [0.29, 0.717) is 5.41 Å². The second-order valence-electron chi connectivity index (χ2n) is 6.94. The molecule has 1 unspecified atom stereocenters. The number of aromatic nitrogens is 2. The van der Waals surface area contributed by atoms with Crippen molar-refractivity contribution in [1.29, 1.82) is 0 Å². The molecule has 0 saturated carbocycles. The summed E-state index contributed by atoms with van der Waals surface area (Å²) < 4.78 is 7.74. The van der Waals surface area contributed by atoms with Gasteiger partial charge in [-0.05, 0) is 38.2 Å². The Kier molecular flexibility index (Phi) is 7.34. The highest BCUT2D eigenvalue weighted by Gasteiger charge is 2.38. The van der Waals surface area contributed by atoms with Gasteiger partial charge in [-0.25, -0.2) is 0 Å². The van der Waals surface area contributed by atoms with Crippen LogP contribution >= 0.6 is 24.0 Å². The fourth-order valence-corrected chi connectivity index (χ4v) is 3.82. The molecule has 0 aliphatic carbocycles. The zero-order chi connectivity index (χ0) is 16.1. The van der Waals surface area contributed by atoms with Gasteiger partial charge < -0.3 is 15.0 Å². The van der Waals surface area contributed by atoms with Gasteiger partial charge in [0.2, 0.25) is 0 Å². The second-order valence-corrected chi connectivity index (χ2v) is 6.94. The molecule has 2 fully saturated rings. The van der Waals surface area contributed by atoms with Crippen molar-refractivity contribution >= 4 is 29.9 Å². The molecular formula is C17H30IN5O. The molecule has 1 aromatic rings. The monoisotopic (exact) mass is 447 g/mol. The van der Waals surface area contributed by atoms with Gasteiger partial charge in [-0.1, -0.05) is 0 Å². The van der Waals surface area contributed by atoms with Crippen molar-refractivity contribution in [3.8, 4) is 0 Å². The summed E-state index contributed by atoms with van der Waals surface area (Å²) in [5.74, 6) is 1.01. The molecule has 1 spiro atoms. The minimum atomic E-state index is 0. The van der Waals surface area contributed by atoms with E-state index in [2.05, 4.69) is 33.4 Å². The van der Waals surface area contributed by atoms with E-state index in [1.165, 1.54) is 31.2 Å². The summed E-state index contributed by atoms with van der Waals surface area (Å²) in [6.07, 6.45) is 8.95. The van der Waals surface area contributed by atoms with Crippen molar-refractivity contribution in [1.82, 2.24) is 20.0 Å². The van der Waals surface area contributed by atoms with Gasteiger partial charge in [0.25, 0.3) is 0 Å². The molecule has 0 amide bonds. The number of halogens is 1. The Hall–Kier alpha value is -0.830. The quantitative estimate of drug-likeness (QED) is 0.439. The summed E-state index contributed by atoms with van der Waals surface area (Å²) in [6.45, 7) is 7.75. The summed E-state index contributed by atoms with van der Waals surface area (Å²) in [7, 11) is 1.87. The number of rotatable bonds is 3. The van der Waals surface area contributed by atoms with Crippen molar-refractivity contribution < 1.29 is 4.74 Å². The number of ether oxygens (including phenoxy) is 1. The fourth-order valence-electron chi connectivity index (χ4n) is 3.82. The number of piperidine rings is 1. The van der Waals surface area contributed by atoms with Crippen molar-refractivity contribution in [2.45, 2.75) is 39.2 Å². The predicted molar refractivity (Wildman–Crippen MR) is 107 cm³/mol. The fraction of sp³-hybridized carbons (Fsp3) is 0.765. The minimum Gasteiger partial charge on any atom is -0.381 e. The summed E-state index contributed by atoms with van der Waals surface area (Å²) in [6, 6.07) is 0. The van der Waals surface area contributed by atoms with Crippen LogP contribution in [0.15, 0.2) is 17.4 Å². The Balaban J connectivity index is 0.00000208. The highest BCUT2D eigenvalue weighted by Crippen LogP contribution is 2.37. The molecule has 6 nitrogen and oxygen atoms in total. The van der Waals surface area contributed by atoms with Gasteiger partial charge in [0, 0.05) is 44.9 Å². The van der Waals surface area contributed by atoms with Crippen molar-refractivity contribution in [3.63, 3.8) is 0 Å². The molecule has 2 saturated heterocycles. The van der Waals surface area contributed by atoms with E-state index in [0.717, 1.165) is 45.4 Å². The lowest BCUT2D eigenvalue weighted by atomic mass is 9.76. The Morgan fingerprint density at radius 3 is 2.92 bits per heavy atom. The Bertz CT molecular complexity index is 533. The van der Waals surface area contributed by atoms with Gasteiger partial charge in [0.1, 0.15) is 0 Å². The molecule has 3 heterocycles. The molecule has 0 bridgehead atoms. The number of hydrogen-bond acceptors (Lipinski definition) is 3. The zero-order valence-electron chi connectivity index (χ0n) is 14.8. The topological polar surface area (TPSA) is 54.7 Å². The first kappa shape index (κ1) is 19.5. The number of guanidine groups is 1. The minimum absolute atomic E-state index is 0. The third-order valence-corrected chi connectivity index (χ3v) is 4.96. The third kappa shape index (κ3) is 4.84. The molecule has 136 valence electrons. The first-order chi connectivity index (χ1) is 11.2. The lowest BCUT2D eigenvalue weighted by molar-refractivity contribution is -0.0370. The van der Waals surface area contributed by atoms with Crippen LogP contribution in [-0.4, -0.2) is 60.5 Å². The van der Waals surface area contributed by atoms with Crippen molar-refractivity contribution in [2.24, 2.45) is 10.4 Å². The summed E-state index contributed by atoms with van der Waals surface area (Å²) in [5, 5.41) is 7.82. The smallest absolute Gasteiger partial charge is 0.193 e. The van der Waals surface area contributed by atoms with Crippen molar-refractivity contribution in [2.75, 3.05) is 39.9 Å². The normalized spacial score (nSPS) is 24.8. The largest absolute Gasteiger partial charge is 0.381 e. The zero-order valence-corrected chi connectivity index (χ0v) is 17.2. The van der Waals surface area contributed by atoms with Crippen molar-refractivity contribution in [3.05, 3.63) is 18.0 Å². The molecule has 0 radical (unpaired) electrons. The Morgan fingerprint density at radius 1 is 1.42 bits per heavy atom. The predicted octanol–water partition coefficient (Wildman–Crippen LogP) is 2.28. The van der Waals surface area contributed by atoms with E-state index in [1.54, 1.807) is 0 Å². The molecule has 1 aromatic heterocycles. The SMILES string of the molecule is CN=C(NCCn1cc(C)cn1)N1CCCC2(CCCOC2)C1.I. The van der Waals surface area contributed by atoms with Crippen LogP contribution in [-0.2, 0) is 11.3 Å². The van der Waals surface area contributed by atoms with Crippen LogP contribution in [0.4, 0.5) is 0 Å². The van der Waals surface area contributed by atoms with Gasteiger partial charge in [-0.15, -0.1) is 24.0 Å². The van der Waals surface area contributed by atoms with E-state index >= 15 is 0 Å². The molecule has 1 atom stereocenters. The maximum absolute atomic E-state index is 5.77. The molecule has 3 rings (SSSR count). The highest BCUT2D eigenvalue weighted by molar-refractivity contribution is 14.0.